The molecule has 8 nitrogen and oxygen atoms in total. The highest BCUT2D eigenvalue weighted by Gasteiger charge is 2.21. The van der Waals surface area contributed by atoms with Gasteiger partial charge in [0.05, 0.1) is 0 Å². The van der Waals surface area contributed by atoms with Crippen molar-refractivity contribution in [3.63, 3.8) is 0 Å². The summed E-state index contributed by atoms with van der Waals surface area (Å²) in [7, 11) is 3.48. The number of amides is 4. The molecule has 2 aromatic rings. The predicted molar refractivity (Wildman–Crippen MR) is 205 cm³/mol. The molecule has 0 aliphatic carbocycles. The molecule has 12 heteroatoms. The third kappa shape index (κ3) is 19.1. The number of carbonyl (C=O) groups is 2. The molecule has 0 saturated heterocycles. The Kier molecular flexibility index (Phi) is 25.1. The first kappa shape index (κ1) is 44.2. The van der Waals surface area contributed by atoms with Crippen molar-refractivity contribution in [1.82, 2.24) is 20.4 Å². The highest BCUT2D eigenvalue weighted by molar-refractivity contribution is 8.76. The fourth-order valence-electron chi connectivity index (χ4n) is 4.66. The third-order valence-electron chi connectivity index (χ3n) is 7.25. The lowest BCUT2D eigenvalue weighted by atomic mass is 10.1. The van der Waals surface area contributed by atoms with Gasteiger partial charge in [0, 0.05) is 62.9 Å². The number of nitrogens with one attached hydrogen (secondary N) is 2. The van der Waals surface area contributed by atoms with E-state index in [2.05, 4.69) is 62.6 Å². The summed E-state index contributed by atoms with van der Waals surface area (Å²) in [6.45, 7) is 12.0. The zero-order valence-electron chi connectivity index (χ0n) is 28.1. The van der Waals surface area contributed by atoms with Crippen LogP contribution in [0.3, 0.4) is 0 Å². The second-order valence-corrected chi connectivity index (χ2v) is 14.7. The number of nitrogens with two attached hydrogens (primary N) is 2. The van der Waals surface area contributed by atoms with Gasteiger partial charge in [0.25, 0.3) is 0 Å². The number of nitrogens with zero attached hydrogens (tertiary/aromatic N) is 2. The van der Waals surface area contributed by atoms with Gasteiger partial charge in [-0.2, -0.15) is 0 Å². The Morgan fingerprint density at radius 1 is 0.630 bits per heavy atom. The molecule has 0 spiro atoms. The largest absolute Gasteiger partial charge is 0.334 e. The highest BCUT2D eigenvalue weighted by Crippen LogP contribution is 2.25. The second kappa shape index (κ2) is 26.2. The van der Waals surface area contributed by atoms with Gasteiger partial charge in [0.2, 0.25) is 0 Å². The summed E-state index contributed by atoms with van der Waals surface area (Å²) in [5.41, 5.74) is 14.1. The summed E-state index contributed by atoms with van der Waals surface area (Å²) in [5.74, 6) is 2.51. The van der Waals surface area contributed by atoms with E-state index in [-0.39, 0.29) is 49.0 Å². The SMILES string of the molecule is CC(C)CCN(CCN)C(=O)N[C@@H](CSSC[C@@H](Cc1ccccc1)NC(=O)N(CCN)CCC(C)C)Cc1ccccc1.Cl.Cl. The summed E-state index contributed by atoms with van der Waals surface area (Å²) in [4.78, 5) is 30.3. The van der Waals surface area contributed by atoms with Crippen LogP contribution in [-0.2, 0) is 12.8 Å². The Morgan fingerprint density at radius 3 is 1.28 bits per heavy atom. The van der Waals surface area contributed by atoms with Crippen LogP contribution in [0.2, 0.25) is 0 Å². The smallest absolute Gasteiger partial charge is 0.317 e. The molecular weight excluding hydrogens is 659 g/mol. The molecule has 0 aliphatic heterocycles. The van der Waals surface area contributed by atoms with Gasteiger partial charge in [-0.05, 0) is 48.6 Å². The van der Waals surface area contributed by atoms with Crippen LogP contribution in [0, 0.1) is 11.8 Å². The number of carbonyl (C=O) groups excluding carboxylic acids is 2. The van der Waals surface area contributed by atoms with Crippen molar-refractivity contribution in [2.75, 3.05) is 50.8 Å². The zero-order valence-corrected chi connectivity index (χ0v) is 31.3. The van der Waals surface area contributed by atoms with Gasteiger partial charge in [0.15, 0.2) is 0 Å². The van der Waals surface area contributed by atoms with Crippen LogP contribution >= 0.6 is 46.4 Å². The van der Waals surface area contributed by atoms with Crippen LogP contribution in [0.4, 0.5) is 9.59 Å². The van der Waals surface area contributed by atoms with Crippen LogP contribution in [0.25, 0.3) is 0 Å². The molecule has 0 radical (unpaired) electrons. The van der Waals surface area contributed by atoms with E-state index in [1.807, 2.05) is 46.2 Å². The van der Waals surface area contributed by atoms with Gasteiger partial charge in [-0.3, -0.25) is 0 Å². The number of hydrogen-bond donors (Lipinski definition) is 4. The maximum Gasteiger partial charge on any atom is 0.317 e. The van der Waals surface area contributed by atoms with E-state index in [4.69, 9.17) is 11.5 Å². The number of benzene rings is 2. The van der Waals surface area contributed by atoms with Crippen molar-refractivity contribution in [2.24, 2.45) is 23.3 Å². The number of halogens is 2. The molecule has 0 bridgehead atoms. The average Bonchev–Trinajstić information content (AvgIpc) is 3.00. The number of rotatable bonds is 21. The maximum atomic E-state index is 13.3. The maximum absolute atomic E-state index is 13.3. The van der Waals surface area contributed by atoms with E-state index in [1.165, 1.54) is 11.1 Å². The van der Waals surface area contributed by atoms with E-state index >= 15 is 0 Å². The summed E-state index contributed by atoms with van der Waals surface area (Å²) in [6, 6.07) is 20.4. The van der Waals surface area contributed by atoms with E-state index in [9.17, 15) is 9.59 Å². The Balaban J connectivity index is 0.0000101. The van der Waals surface area contributed by atoms with Gasteiger partial charge < -0.3 is 31.9 Å². The van der Waals surface area contributed by atoms with Crippen molar-refractivity contribution in [3.05, 3.63) is 71.8 Å². The summed E-state index contributed by atoms with van der Waals surface area (Å²) < 4.78 is 0. The fraction of sp³-hybridized carbons (Fsp3) is 0.588. The molecule has 0 aliphatic rings. The molecule has 0 fully saturated rings. The average molecular weight is 718 g/mol. The van der Waals surface area contributed by atoms with Crippen LogP contribution in [-0.4, -0.2) is 84.7 Å². The van der Waals surface area contributed by atoms with Crippen molar-refractivity contribution in [1.29, 1.82) is 0 Å². The molecule has 46 heavy (non-hydrogen) atoms. The Labute approximate surface area is 298 Å². The molecule has 4 amide bonds. The first-order valence-electron chi connectivity index (χ1n) is 16.0. The lowest BCUT2D eigenvalue weighted by Crippen LogP contribution is -2.49. The van der Waals surface area contributed by atoms with E-state index < -0.39 is 0 Å². The number of urea groups is 2. The minimum atomic E-state index is -0.0572. The molecule has 0 saturated carbocycles. The monoisotopic (exact) mass is 716 g/mol. The number of hydrogen-bond acceptors (Lipinski definition) is 6. The van der Waals surface area contributed by atoms with Crippen LogP contribution in [0.15, 0.2) is 60.7 Å². The molecule has 0 unspecified atom stereocenters. The van der Waals surface area contributed by atoms with Crippen molar-refractivity contribution in [2.45, 2.75) is 65.5 Å². The second-order valence-electron chi connectivity index (χ2n) is 12.2. The van der Waals surface area contributed by atoms with Crippen LogP contribution in [0.5, 0.6) is 0 Å². The standard InChI is InChI=1S/C34H56N6O2S2.2ClH/c1-27(2)15-19-39(21-17-35)33(41)37-31(23-29-11-7-5-8-12-29)25-43-44-26-32(24-30-13-9-6-10-14-30)38-34(42)40(22-18-36)20-16-28(3)4;;/h5-14,27-28,31-32H,15-26,35-36H2,1-4H3,(H,37,41)(H,38,42);2*1H/t31-,32-;;/m1../s1. The van der Waals surface area contributed by atoms with Crippen molar-refractivity contribution >= 4 is 58.5 Å². The molecule has 2 aromatic carbocycles. The van der Waals surface area contributed by atoms with Gasteiger partial charge in [-0.15, -0.1) is 24.8 Å². The first-order chi connectivity index (χ1) is 21.2. The molecule has 2 atom stereocenters. The fourth-order valence-corrected chi connectivity index (χ4v) is 7.15. The molecule has 0 aromatic heterocycles. The summed E-state index contributed by atoms with van der Waals surface area (Å²) in [6.07, 6.45) is 3.37. The minimum absolute atomic E-state index is 0. The highest BCUT2D eigenvalue weighted by atomic mass is 35.5. The molecule has 2 rings (SSSR count). The third-order valence-corrected chi connectivity index (χ3v) is 9.81. The predicted octanol–water partition coefficient (Wildman–Crippen LogP) is 6.47. The summed E-state index contributed by atoms with van der Waals surface area (Å²) >= 11 is 0. The lowest BCUT2D eigenvalue weighted by Gasteiger charge is -2.28. The molecular formula is C34H58Cl2N6O2S2. The quantitative estimate of drug-likeness (QED) is 0.0870. The van der Waals surface area contributed by atoms with E-state index in [0.717, 1.165) is 37.2 Å². The summed E-state index contributed by atoms with van der Waals surface area (Å²) in [5, 5.41) is 6.59. The Morgan fingerprint density at radius 2 is 0.978 bits per heavy atom. The molecule has 0 heterocycles. The van der Waals surface area contributed by atoms with Crippen molar-refractivity contribution in [3.8, 4) is 0 Å². The lowest BCUT2D eigenvalue weighted by molar-refractivity contribution is 0.192. The van der Waals surface area contributed by atoms with Crippen LogP contribution < -0.4 is 22.1 Å². The zero-order chi connectivity index (χ0) is 32.2. The Hall–Kier alpha value is -1.82. The van der Waals surface area contributed by atoms with E-state index in [0.29, 0.717) is 51.1 Å². The van der Waals surface area contributed by atoms with Gasteiger partial charge >= 0.3 is 12.1 Å². The topological polar surface area (TPSA) is 117 Å². The van der Waals surface area contributed by atoms with Gasteiger partial charge in [-0.1, -0.05) is 110 Å². The Bertz CT molecular complexity index is 973. The van der Waals surface area contributed by atoms with E-state index in [1.54, 1.807) is 21.6 Å². The van der Waals surface area contributed by atoms with Crippen molar-refractivity contribution < 1.29 is 9.59 Å². The molecule has 6 N–H and O–H groups in total. The van der Waals surface area contributed by atoms with Gasteiger partial charge in [0.1, 0.15) is 0 Å². The van der Waals surface area contributed by atoms with Crippen LogP contribution in [0.1, 0.15) is 51.7 Å². The molecule has 262 valence electrons. The normalized spacial score (nSPS) is 12.1. The first-order valence-corrected chi connectivity index (χ1v) is 18.5. The van der Waals surface area contributed by atoms with Gasteiger partial charge in [-0.25, -0.2) is 9.59 Å². The minimum Gasteiger partial charge on any atom is -0.334 e.